The number of ether oxygens (including phenoxy) is 2. The second-order valence-electron chi connectivity index (χ2n) is 4.58. The van der Waals surface area contributed by atoms with E-state index in [2.05, 4.69) is 5.32 Å². The zero-order valence-electron chi connectivity index (χ0n) is 11.4. The van der Waals surface area contributed by atoms with Crippen LogP contribution in [-0.2, 0) is 14.3 Å². The number of carbonyl (C=O) groups is 2. The summed E-state index contributed by atoms with van der Waals surface area (Å²) in [7, 11) is 1.59. The third-order valence-corrected chi connectivity index (χ3v) is 3.17. The lowest BCUT2D eigenvalue weighted by molar-refractivity contribution is -0.142. The Morgan fingerprint density at radius 3 is 2.74 bits per heavy atom. The van der Waals surface area contributed by atoms with E-state index in [1.54, 1.807) is 7.11 Å². The Hall–Kier alpha value is -1.34. The highest BCUT2D eigenvalue weighted by atomic mass is 16.5. The molecule has 0 radical (unpaired) electrons. The molecule has 0 saturated carbocycles. The second-order valence-corrected chi connectivity index (χ2v) is 4.58. The molecule has 110 valence electrons. The van der Waals surface area contributed by atoms with Crippen LogP contribution in [0.25, 0.3) is 0 Å². The Bertz CT molecular complexity index is 310. The van der Waals surface area contributed by atoms with E-state index in [4.69, 9.17) is 14.6 Å². The summed E-state index contributed by atoms with van der Waals surface area (Å²) in [4.78, 5) is 24.4. The van der Waals surface area contributed by atoms with Gasteiger partial charge in [0, 0.05) is 20.2 Å². The maximum absolute atomic E-state index is 11.9. The largest absolute Gasteiger partial charge is 0.480 e. The maximum atomic E-state index is 11.9. The van der Waals surface area contributed by atoms with Gasteiger partial charge in [0.25, 0.3) is 0 Å². The van der Waals surface area contributed by atoms with Crippen molar-refractivity contribution in [3.63, 3.8) is 0 Å². The molecule has 1 heterocycles. The molecule has 1 fully saturated rings. The van der Waals surface area contributed by atoms with Crippen molar-refractivity contribution >= 4 is 12.0 Å². The Labute approximate surface area is 112 Å². The van der Waals surface area contributed by atoms with E-state index < -0.39 is 12.0 Å². The number of carbonyl (C=O) groups excluding carboxylic acids is 1. The third kappa shape index (κ3) is 4.68. The SMILES string of the molecule is COCCOCCNC(=O)N1CCC(C)C1C(=O)O. The molecule has 2 amide bonds. The topological polar surface area (TPSA) is 88.1 Å². The van der Waals surface area contributed by atoms with Crippen LogP contribution in [0.15, 0.2) is 0 Å². The quantitative estimate of drug-likeness (QED) is 0.645. The number of rotatable bonds is 7. The zero-order valence-corrected chi connectivity index (χ0v) is 11.4. The van der Waals surface area contributed by atoms with Gasteiger partial charge in [0.15, 0.2) is 0 Å². The molecule has 2 atom stereocenters. The Morgan fingerprint density at radius 1 is 1.37 bits per heavy atom. The van der Waals surface area contributed by atoms with Gasteiger partial charge in [-0.25, -0.2) is 9.59 Å². The van der Waals surface area contributed by atoms with Crippen LogP contribution < -0.4 is 5.32 Å². The highest BCUT2D eigenvalue weighted by Gasteiger charge is 2.39. The summed E-state index contributed by atoms with van der Waals surface area (Å²) >= 11 is 0. The molecule has 0 spiro atoms. The fraction of sp³-hybridized carbons (Fsp3) is 0.833. The summed E-state index contributed by atoms with van der Waals surface area (Å²) < 4.78 is 10.0. The number of hydrogen-bond acceptors (Lipinski definition) is 4. The van der Waals surface area contributed by atoms with Crippen LogP contribution in [0.5, 0.6) is 0 Å². The van der Waals surface area contributed by atoms with Gasteiger partial charge in [0.1, 0.15) is 6.04 Å². The van der Waals surface area contributed by atoms with Gasteiger partial charge >= 0.3 is 12.0 Å². The Kier molecular flexibility index (Phi) is 6.58. The van der Waals surface area contributed by atoms with Crippen LogP contribution in [0.1, 0.15) is 13.3 Å². The standard InChI is InChI=1S/C12H22N2O5/c1-9-3-5-14(10(9)11(15)16)12(17)13-4-6-19-8-7-18-2/h9-10H,3-8H2,1-2H3,(H,13,17)(H,15,16). The van der Waals surface area contributed by atoms with Crippen molar-refractivity contribution in [2.75, 3.05) is 40.0 Å². The number of carboxylic acid groups (broad SMARTS) is 1. The average Bonchev–Trinajstić information content (AvgIpc) is 2.75. The number of aliphatic carboxylic acids is 1. The molecule has 0 bridgehead atoms. The van der Waals surface area contributed by atoms with Crippen LogP contribution in [0.3, 0.4) is 0 Å². The number of urea groups is 1. The maximum Gasteiger partial charge on any atom is 0.326 e. The number of nitrogens with zero attached hydrogens (tertiary/aromatic N) is 1. The highest BCUT2D eigenvalue weighted by Crippen LogP contribution is 2.23. The second kappa shape index (κ2) is 7.96. The van der Waals surface area contributed by atoms with Crippen LogP contribution in [0.2, 0.25) is 0 Å². The molecule has 0 aromatic heterocycles. The minimum atomic E-state index is -0.948. The number of amides is 2. The smallest absolute Gasteiger partial charge is 0.326 e. The van der Waals surface area contributed by atoms with E-state index in [1.807, 2.05) is 6.92 Å². The molecule has 1 rings (SSSR count). The number of methoxy groups -OCH3 is 1. The first-order valence-corrected chi connectivity index (χ1v) is 6.42. The number of carboxylic acids is 1. The summed E-state index contributed by atoms with van der Waals surface area (Å²) in [6, 6.07) is -1.07. The molecule has 7 heteroatoms. The molecule has 2 N–H and O–H groups in total. The van der Waals surface area contributed by atoms with Crippen molar-refractivity contribution in [3.05, 3.63) is 0 Å². The first-order valence-electron chi connectivity index (χ1n) is 6.42. The molecular formula is C12H22N2O5. The predicted octanol–water partition coefficient (Wildman–Crippen LogP) is 0.154. The van der Waals surface area contributed by atoms with E-state index >= 15 is 0 Å². The molecular weight excluding hydrogens is 252 g/mol. The monoisotopic (exact) mass is 274 g/mol. The summed E-state index contributed by atoms with van der Waals surface area (Å²) in [6.07, 6.45) is 0.717. The van der Waals surface area contributed by atoms with Crippen molar-refractivity contribution in [1.82, 2.24) is 10.2 Å². The van der Waals surface area contributed by atoms with Crippen molar-refractivity contribution in [3.8, 4) is 0 Å². The molecule has 2 unspecified atom stereocenters. The van der Waals surface area contributed by atoms with E-state index in [0.717, 1.165) is 0 Å². The minimum Gasteiger partial charge on any atom is -0.480 e. The van der Waals surface area contributed by atoms with Crippen molar-refractivity contribution < 1.29 is 24.2 Å². The predicted molar refractivity (Wildman–Crippen MR) is 68.0 cm³/mol. The van der Waals surface area contributed by atoms with Gasteiger partial charge in [-0.3, -0.25) is 0 Å². The van der Waals surface area contributed by atoms with Gasteiger partial charge < -0.3 is 24.8 Å². The first kappa shape index (κ1) is 15.7. The van der Waals surface area contributed by atoms with Crippen molar-refractivity contribution in [1.29, 1.82) is 0 Å². The van der Waals surface area contributed by atoms with Crippen LogP contribution in [-0.4, -0.2) is 68.1 Å². The lowest BCUT2D eigenvalue weighted by atomic mass is 10.0. The van der Waals surface area contributed by atoms with E-state index in [0.29, 0.717) is 39.3 Å². The normalized spacial score (nSPS) is 22.5. The first-order chi connectivity index (χ1) is 9.07. The fourth-order valence-electron chi connectivity index (χ4n) is 2.13. The van der Waals surface area contributed by atoms with Crippen LogP contribution in [0, 0.1) is 5.92 Å². The number of nitrogens with one attached hydrogen (secondary N) is 1. The summed E-state index contributed by atoms with van der Waals surface area (Å²) in [5.74, 6) is -0.960. The Balaban J connectivity index is 2.27. The molecule has 1 saturated heterocycles. The summed E-state index contributed by atoms with van der Waals surface area (Å²) in [5.41, 5.74) is 0. The fourth-order valence-corrected chi connectivity index (χ4v) is 2.13. The molecule has 0 aromatic rings. The molecule has 0 aromatic carbocycles. The van der Waals surface area contributed by atoms with E-state index in [-0.39, 0.29) is 11.9 Å². The summed E-state index contributed by atoms with van der Waals surface area (Å²) in [6.45, 7) is 4.06. The van der Waals surface area contributed by atoms with Crippen molar-refractivity contribution in [2.24, 2.45) is 5.92 Å². The molecule has 1 aliphatic heterocycles. The van der Waals surface area contributed by atoms with Gasteiger partial charge in [-0.1, -0.05) is 6.92 Å². The van der Waals surface area contributed by atoms with Gasteiger partial charge in [-0.2, -0.15) is 0 Å². The van der Waals surface area contributed by atoms with Gasteiger partial charge in [-0.05, 0) is 12.3 Å². The van der Waals surface area contributed by atoms with Gasteiger partial charge in [0.2, 0.25) is 0 Å². The lowest BCUT2D eigenvalue weighted by Crippen LogP contribution is -2.48. The minimum absolute atomic E-state index is 0.0128. The average molecular weight is 274 g/mol. The van der Waals surface area contributed by atoms with Crippen LogP contribution >= 0.6 is 0 Å². The molecule has 19 heavy (non-hydrogen) atoms. The zero-order chi connectivity index (χ0) is 14.3. The van der Waals surface area contributed by atoms with Crippen LogP contribution in [0.4, 0.5) is 4.79 Å². The summed E-state index contributed by atoms with van der Waals surface area (Å²) in [5, 5.41) is 11.8. The molecule has 0 aliphatic carbocycles. The van der Waals surface area contributed by atoms with Crippen molar-refractivity contribution in [2.45, 2.75) is 19.4 Å². The van der Waals surface area contributed by atoms with Gasteiger partial charge in [0.05, 0.1) is 19.8 Å². The molecule has 1 aliphatic rings. The molecule has 7 nitrogen and oxygen atoms in total. The van der Waals surface area contributed by atoms with E-state index in [1.165, 1.54) is 4.90 Å². The van der Waals surface area contributed by atoms with E-state index in [9.17, 15) is 9.59 Å². The van der Waals surface area contributed by atoms with Gasteiger partial charge in [-0.15, -0.1) is 0 Å². The number of hydrogen-bond donors (Lipinski definition) is 2. The highest BCUT2D eigenvalue weighted by molar-refractivity contribution is 5.83. The third-order valence-electron chi connectivity index (χ3n) is 3.17. The lowest BCUT2D eigenvalue weighted by Gasteiger charge is -2.23. The Morgan fingerprint density at radius 2 is 2.11 bits per heavy atom. The number of likely N-dealkylation sites (tertiary alicyclic amines) is 1.